The van der Waals surface area contributed by atoms with Crippen molar-refractivity contribution < 1.29 is 9.47 Å². The van der Waals surface area contributed by atoms with Gasteiger partial charge in [-0.3, -0.25) is 0 Å². The normalized spacial score (nSPS) is 18.3. The standard InChI is InChI=1S/C13H17N3O2S/c14-13(19)16-5-3-15(4-6-16)10-1-2-11-12(9-10)18-8-7-17-11/h1-2,9H,3-8H2,(H2,14,19). The Morgan fingerprint density at radius 3 is 2.42 bits per heavy atom. The fourth-order valence-electron chi connectivity index (χ4n) is 2.41. The summed E-state index contributed by atoms with van der Waals surface area (Å²) in [4.78, 5) is 4.34. The Morgan fingerprint density at radius 2 is 1.74 bits per heavy atom. The maximum atomic E-state index is 5.64. The third kappa shape index (κ3) is 2.53. The number of nitrogens with two attached hydrogens (primary N) is 1. The van der Waals surface area contributed by atoms with E-state index in [0.29, 0.717) is 18.3 Å². The van der Waals surface area contributed by atoms with Crippen molar-refractivity contribution in [3.8, 4) is 11.5 Å². The average molecular weight is 279 g/mol. The minimum Gasteiger partial charge on any atom is -0.486 e. The molecule has 3 rings (SSSR count). The monoisotopic (exact) mass is 279 g/mol. The molecule has 0 unspecified atom stereocenters. The number of hydrogen-bond acceptors (Lipinski definition) is 4. The quantitative estimate of drug-likeness (QED) is 0.768. The van der Waals surface area contributed by atoms with Gasteiger partial charge in [-0.2, -0.15) is 0 Å². The minimum atomic E-state index is 0.488. The average Bonchev–Trinajstić information content (AvgIpc) is 2.47. The Bertz CT molecular complexity index is 487. The van der Waals surface area contributed by atoms with Crippen LogP contribution < -0.4 is 20.1 Å². The molecule has 1 aromatic carbocycles. The number of piperazine rings is 1. The summed E-state index contributed by atoms with van der Waals surface area (Å²) in [5.41, 5.74) is 6.80. The van der Waals surface area contributed by atoms with Crippen molar-refractivity contribution in [2.24, 2.45) is 5.73 Å². The molecule has 0 bridgehead atoms. The topological polar surface area (TPSA) is 51.0 Å². The van der Waals surface area contributed by atoms with Crippen molar-refractivity contribution in [1.29, 1.82) is 0 Å². The summed E-state index contributed by atoms with van der Waals surface area (Å²) in [6, 6.07) is 6.10. The molecule has 1 saturated heterocycles. The van der Waals surface area contributed by atoms with Crippen LogP contribution in [0.15, 0.2) is 18.2 Å². The predicted octanol–water partition coefficient (Wildman–Crippen LogP) is 0.823. The van der Waals surface area contributed by atoms with E-state index in [1.807, 2.05) is 17.0 Å². The van der Waals surface area contributed by atoms with Crippen molar-refractivity contribution >= 4 is 23.0 Å². The molecule has 102 valence electrons. The second-order valence-corrected chi connectivity index (χ2v) is 5.06. The van der Waals surface area contributed by atoms with E-state index in [-0.39, 0.29) is 0 Å². The Kier molecular flexibility index (Phi) is 3.33. The number of anilines is 1. The molecule has 1 aromatic rings. The van der Waals surface area contributed by atoms with E-state index < -0.39 is 0 Å². The molecule has 2 heterocycles. The third-order valence-corrected chi connectivity index (χ3v) is 3.74. The van der Waals surface area contributed by atoms with E-state index in [4.69, 9.17) is 27.4 Å². The first-order valence-corrected chi connectivity index (χ1v) is 6.84. The van der Waals surface area contributed by atoms with Crippen LogP contribution in [-0.2, 0) is 0 Å². The van der Waals surface area contributed by atoms with Gasteiger partial charge in [-0.25, -0.2) is 0 Å². The second kappa shape index (κ2) is 5.13. The van der Waals surface area contributed by atoms with Gasteiger partial charge in [0.05, 0.1) is 0 Å². The van der Waals surface area contributed by atoms with E-state index in [2.05, 4.69) is 11.0 Å². The van der Waals surface area contributed by atoms with Gasteiger partial charge >= 0.3 is 0 Å². The lowest BCUT2D eigenvalue weighted by Gasteiger charge is -2.36. The van der Waals surface area contributed by atoms with Crippen molar-refractivity contribution in [2.75, 3.05) is 44.3 Å². The van der Waals surface area contributed by atoms with Crippen LogP contribution in [0.25, 0.3) is 0 Å². The molecular weight excluding hydrogens is 262 g/mol. The highest BCUT2D eigenvalue weighted by molar-refractivity contribution is 7.80. The SMILES string of the molecule is NC(=S)N1CCN(c2ccc3c(c2)OCCO3)CC1. The molecule has 6 heteroatoms. The van der Waals surface area contributed by atoms with E-state index in [1.165, 1.54) is 0 Å². The Labute approximate surface area is 117 Å². The highest BCUT2D eigenvalue weighted by atomic mass is 32.1. The zero-order valence-corrected chi connectivity index (χ0v) is 11.5. The highest BCUT2D eigenvalue weighted by Crippen LogP contribution is 2.34. The van der Waals surface area contributed by atoms with Gasteiger partial charge in [-0.1, -0.05) is 0 Å². The van der Waals surface area contributed by atoms with Crippen LogP contribution in [0.2, 0.25) is 0 Å². The van der Waals surface area contributed by atoms with Gasteiger partial charge in [0.25, 0.3) is 0 Å². The molecule has 0 saturated carbocycles. The summed E-state index contributed by atoms with van der Waals surface area (Å²) in [6.07, 6.45) is 0. The summed E-state index contributed by atoms with van der Waals surface area (Å²) in [5, 5.41) is 0.488. The van der Waals surface area contributed by atoms with Crippen LogP contribution in [0.3, 0.4) is 0 Å². The molecule has 0 aromatic heterocycles. The largest absolute Gasteiger partial charge is 0.486 e. The second-order valence-electron chi connectivity index (χ2n) is 4.64. The number of thiocarbonyl (C=S) groups is 1. The molecule has 5 nitrogen and oxygen atoms in total. The lowest BCUT2D eigenvalue weighted by atomic mass is 10.2. The first-order valence-electron chi connectivity index (χ1n) is 6.43. The zero-order chi connectivity index (χ0) is 13.2. The summed E-state index contributed by atoms with van der Waals surface area (Å²) < 4.78 is 11.1. The lowest BCUT2D eigenvalue weighted by molar-refractivity contribution is 0.171. The number of fused-ring (bicyclic) bond motifs is 1. The van der Waals surface area contributed by atoms with Gasteiger partial charge < -0.3 is 25.0 Å². The molecule has 2 aliphatic rings. The van der Waals surface area contributed by atoms with E-state index in [1.54, 1.807) is 0 Å². The summed E-state index contributed by atoms with van der Waals surface area (Å²) in [7, 11) is 0. The first kappa shape index (κ1) is 12.3. The van der Waals surface area contributed by atoms with Gasteiger partial charge in [-0.05, 0) is 24.4 Å². The van der Waals surface area contributed by atoms with Crippen molar-refractivity contribution in [2.45, 2.75) is 0 Å². The van der Waals surface area contributed by atoms with Crippen molar-refractivity contribution in [3.05, 3.63) is 18.2 Å². The summed E-state index contributed by atoms with van der Waals surface area (Å²) in [6.45, 7) is 4.80. The maximum Gasteiger partial charge on any atom is 0.166 e. The lowest BCUT2D eigenvalue weighted by Crippen LogP contribution is -2.50. The molecule has 2 N–H and O–H groups in total. The fraction of sp³-hybridized carbons (Fsp3) is 0.462. The van der Waals surface area contributed by atoms with Crippen molar-refractivity contribution in [3.63, 3.8) is 0 Å². The molecule has 2 aliphatic heterocycles. The summed E-state index contributed by atoms with van der Waals surface area (Å²) >= 11 is 5.00. The van der Waals surface area contributed by atoms with Crippen LogP contribution in [0.4, 0.5) is 5.69 Å². The smallest absolute Gasteiger partial charge is 0.166 e. The Morgan fingerprint density at radius 1 is 1.05 bits per heavy atom. The minimum absolute atomic E-state index is 0.488. The first-order chi connectivity index (χ1) is 9.24. The number of benzene rings is 1. The molecule has 19 heavy (non-hydrogen) atoms. The van der Waals surface area contributed by atoms with Gasteiger partial charge in [0.2, 0.25) is 0 Å². The van der Waals surface area contributed by atoms with E-state index in [0.717, 1.165) is 43.4 Å². The Balaban J connectivity index is 1.71. The zero-order valence-electron chi connectivity index (χ0n) is 10.7. The Hall–Kier alpha value is -1.69. The molecule has 0 spiro atoms. The van der Waals surface area contributed by atoms with Gasteiger partial charge in [0.1, 0.15) is 13.2 Å². The van der Waals surface area contributed by atoms with Crippen LogP contribution >= 0.6 is 12.2 Å². The van der Waals surface area contributed by atoms with Crippen LogP contribution in [0.5, 0.6) is 11.5 Å². The molecule has 0 amide bonds. The summed E-state index contributed by atoms with van der Waals surface area (Å²) in [5.74, 6) is 1.66. The van der Waals surface area contributed by atoms with E-state index in [9.17, 15) is 0 Å². The maximum absolute atomic E-state index is 5.64. The number of rotatable bonds is 1. The highest BCUT2D eigenvalue weighted by Gasteiger charge is 2.19. The van der Waals surface area contributed by atoms with E-state index >= 15 is 0 Å². The predicted molar refractivity (Wildman–Crippen MR) is 78.0 cm³/mol. The van der Waals surface area contributed by atoms with Gasteiger partial charge in [0, 0.05) is 37.9 Å². The molecule has 1 fully saturated rings. The van der Waals surface area contributed by atoms with Gasteiger partial charge in [-0.15, -0.1) is 0 Å². The number of hydrogen-bond donors (Lipinski definition) is 1. The third-order valence-electron chi connectivity index (χ3n) is 3.48. The van der Waals surface area contributed by atoms with Gasteiger partial charge in [0.15, 0.2) is 16.6 Å². The van der Waals surface area contributed by atoms with Crippen LogP contribution in [-0.4, -0.2) is 49.4 Å². The number of ether oxygens (including phenoxy) is 2. The molecule has 0 atom stereocenters. The number of nitrogens with zero attached hydrogens (tertiary/aromatic N) is 2. The molecular formula is C13H17N3O2S. The van der Waals surface area contributed by atoms with Crippen LogP contribution in [0, 0.1) is 0 Å². The van der Waals surface area contributed by atoms with Crippen molar-refractivity contribution in [1.82, 2.24) is 4.90 Å². The molecule has 0 radical (unpaired) electrons. The van der Waals surface area contributed by atoms with Crippen LogP contribution in [0.1, 0.15) is 0 Å². The fourth-order valence-corrected chi connectivity index (χ4v) is 2.60. The molecule has 0 aliphatic carbocycles.